The van der Waals surface area contributed by atoms with Crippen molar-refractivity contribution >= 4 is 21.6 Å². The van der Waals surface area contributed by atoms with Crippen molar-refractivity contribution in [2.75, 3.05) is 19.7 Å². The molecule has 126 valence electrons. The zero-order valence-corrected chi connectivity index (χ0v) is 15.0. The van der Waals surface area contributed by atoms with Crippen molar-refractivity contribution < 1.29 is 9.84 Å². The Morgan fingerprint density at radius 2 is 2.17 bits per heavy atom. The molecule has 1 aromatic heterocycles. The first-order valence-corrected chi connectivity index (χ1v) is 9.15. The number of hydrogen-bond donors (Lipinski definition) is 1. The molecule has 1 aliphatic heterocycles. The zero-order valence-electron chi connectivity index (χ0n) is 14.2. The normalized spacial score (nSPS) is 21.1. The van der Waals surface area contributed by atoms with Gasteiger partial charge in [0.05, 0.1) is 34.6 Å². The number of likely N-dealkylation sites (tertiary alicyclic amines) is 1. The van der Waals surface area contributed by atoms with Crippen molar-refractivity contribution in [1.82, 2.24) is 9.88 Å². The fourth-order valence-electron chi connectivity index (χ4n) is 3.03. The van der Waals surface area contributed by atoms with Crippen molar-refractivity contribution in [3.8, 4) is 0 Å². The Morgan fingerprint density at radius 1 is 1.39 bits per heavy atom. The van der Waals surface area contributed by atoms with Crippen molar-refractivity contribution in [2.24, 2.45) is 0 Å². The second kappa shape index (κ2) is 6.85. The number of nitrogens with zero attached hydrogens (tertiary/aromatic N) is 2. The fraction of sp³-hybridized carbons (Fsp3) is 0.611. The highest BCUT2D eigenvalue weighted by Crippen LogP contribution is 2.36. The summed E-state index contributed by atoms with van der Waals surface area (Å²) in [7, 11) is 0. The lowest BCUT2D eigenvalue weighted by molar-refractivity contribution is -0.0569. The summed E-state index contributed by atoms with van der Waals surface area (Å²) in [5.41, 5.74) is 0.870. The first kappa shape index (κ1) is 16.8. The van der Waals surface area contributed by atoms with Gasteiger partial charge in [-0.25, -0.2) is 4.98 Å². The number of thiazole rings is 1. The molecular weight excluding hydrogens is 308 g/mol. The molecule has 4 nitrogen and oxygen atoms in total. The zero-order chi connectivity index (χ0) is 16.4. The average Bonchev–Trinajstić information content (AvgIpc) is 3.10. The van der Waals surface area contributed by atoms with E-state index in [0.29, 0.717) is 19.2 Å². The molecule has 1 saturated heterocycles. The minimum absolute atomic E-state index is 0.210. The molecule has 1 fully saturated rings. The molecule has 1 aliphatic rings. The maximum atomic E-state index is 10.3. The van der Waals surface area contributed by atoms with Crippen molar-refractivity contribution in [2.45, 2.75) is 51.4 Å². The van der Waals surface area contributed by atoms with Crippen LogP contribution in [0.5, 0.6) is 0 Å². The lowest BCUT2D eigenvalue weighted by Crippen LogP contribution is -2.36. The molecule has 1 N–H and O–H groups in total. The third-order valence-electron chi connectivity index (χ3n) is 4.11. The van der Waals surface area contributed by atoms with Crippen LogP contribution < -0.4 is 0 Å². The van der Waals surface area contributed by atoms with Gasteiger partial charge in [0.25, 0.3) is 0 Å². The summed E-state index contributed by atoms with van der Waals surface area (Å²) >= 11 is 1.78. The predicted octanol–water partition coefficient (Wildman–Crippen LogP) is 3.61. The number of ether oxygens (including phenoxy) is 1. The van der Waals surface area contributed by atoms with Crippen LogP contribution in [-0.2, 0) is 4.74 Å². The van der Waals surface area contributed by atoms with Crippen LogP contribution in [0.15, 0.2) is 24.3 Å². The van der Waals surface area contributed by atoms with Gasteiger partial charge < -0.3 is 9.84 Å². The van der Waals surface area contributed by atoms with Crippen LogP contribution in [0.3, 0.4) is 0 Å². The van der Waals surface area contributed by atoms with Gasteiger partial charge in [-0.1, -0.05) is 12.1 Å². The maximum absolute atomic E-state index is 10.3. The van der Waals surface area contributed by atoms with Gasteiger partial charge in [0, 0.05) is 6.54 Å². The molecule has 0 spiro atoms. The molecule has 3 rings (SSSR count). The Morgan fingerprint density at radius 3 is 2.91 bits per heavy atom. The highest BCUT2D eigenvalue weighted by atomic mass is 32.1. The topological polar surface area (TPSA) is 45.6 Å². The second-order valence-corrected chi connectivity index (χ2v) is 8.31. The molecule has 2 unspecified atom stereocenters. The number of aliphatic hydroxyl groups excluding tert-OH is 1. The van der Waals surface area contributed by atoms with Crippen LogP contribution in [0.1, 0.15) is 44.7 Å². The molecule has 0 radical (unpaired) electrons. The maximum Gasteiger partial charge on any atom is 0.111 e. The lowest BCUT2D eigenvalue weighted by atomic mass is 10.2. The molecule has 1 aromatic carbocycles. The van der Waals surface area contributed by atoms with Gasteiger partial charge in [-0.05, 0) is 52.3 Å². The number of rotatable bonds is 5. The minimum atomic E-state index is -0.454. The summed E-state index contributed by atoms with van der Waals surface area (Å²) < 4.78 is 6.94. The van der Waals surface area contributed by atoms with Gasteiger partial charge in [-0.3, -0.25) is 4.90 Å². The third kappa shape index (κ3) is 4.29. The number of para-hydroxylation sites is 1. The Bertz CT molecular complexity index is 617. The van der Waals surface area contributed by atoms with Crippen LogP contribution in [0.25, 0.3) is 10.2 Å². The standard InChI is InChI=1S/C18H26N2O2S/c1-18(2,3)22-12-13(21)11-20-10-6-8-15(20)17-19-14-7-4-5-9-16(14)23-17/h4-5,7,9,13,15,21H,6,8,10-12H2,1-3H3. The Balaban J connectivity index is 1.65. The number of β-amino-alcohol motifs (C(OH)–C–C–N with tert-alkyl or cyclic N) is 1. The molecule has 5 heteroatoms. The number of aliphatic hydroxyl groups is 1. The van der Waals surface area contributed by atoms with E-state index in [1.54, 1.807) is 11.3 Å². The average molecular weight is 334 g/mol. The third-order valence-corrected chi connectivity index (χ3v) is 5.25. The lowest BCUT2D eigenvalue weighted by Gasteiger charge is -2.27. The summed E-state index contributed by atoms with van der Waals surface area (Å²) in [5, 5.41) is 11.5. The Kier molecular flexibility index (Phi) is 5.01. The van der Waals surface area contributed by atoms with E-state index in [4.69, 9.17) is 9.72 Å². The van der Waals surface area contributed by atoms with Crippen molar-refractivity contribution in [1.29, 1.82) is 0 Å². The van der Waals surface area contributed by atoms with Crippen LogP contribution in [0.4, 0.5) is 0 Å². The summed E-state index contributed by atoms with van der Waals surface area (Å²) in [6.45, 7) is 8.09. The van der Waals surface area contributed by atoms with Gasteiger partial charge in [-0.15, -0.1) is 11.3 Å². The first-order chi connectivity index (χ1) is 10.9. The summed E-state index contributed by atoms with van der Waals surface area (Å²) in [4.78, 5) is 7.16. The number of hydrogen-bond acceptors (Lipinski definition) is 5. The highest BCUT2D eigenvalue weighted by Gasteiger charge is 2.30. The fourth-order valence-corrected chi connectivity index (χ4v) is 4.16. The van der Waals surface area contributed by atoms with E-state index < -0.39 is 6.10 Å². The molecular formula is C18H26N2O2S. The van der Waals surface area contributed by atoms with Gasteiger partial charge in [0.1, 0.15) is 5.01 Å². The summed E-state index contributed by atoms with van der Waals surface area (Å²) in [6, 6.07) is 8.62. The minimum Gasteiger partial charge on any atom is -0.389 e. The van der Waals surface area contributed by atoms with E-state index in [9.17, 15) is 5.11 Å². The van der Waals surface area contributed by atoms with Gasteiger partial charge in [-0.2, -0.15) is 0 Å². The van der Waals surface area contributed by atoms with Crippen LogP contribution in [0, 0.1) is 0 Å². The number of aromatic nitrogens is 1. The molecule has 2 heterocycles. The summed E-state index contributed by atoms with van der Waals surface area (Å²) in [6.07, 6.45) is 1.82. The molecule has 0 saturated carbocycles. The van der Waals surface area contributed by atoms with E-state index >= 15 is 0 Å². The largest absolute Gasteiger partial charge is 0.389 e. The van der Waals surface area contributed by atoms with E-state index in [2.05, 4.69) is 23.1 Å². The van der Waals surface area contributed by atoms with Crippen molar-refractivity contribution in [3.63, 3.8) is 0 Å². The van der Waals surface area contributed by atoms with Crippen LogP contribution in [0.2, 0.25) is 0 Å². The Labute approximate surface area is 142 Å². The van der Waals surface area contributed by atoms with E-state index in [0.717, 1.165) is 24.9 Å². The monoisotopic (exact) mass is 334 g/mol. The molecule has 0 bridgehead atoms. The molecule has 2 aromatic rings. The summed E-state index contributed by atoms with van der Waals surface area (Å²) in [5.74, 6) is 0. The number of fused-ring (bicyclic) bond motifs is 1. The second-order valence-electron chi connectivity index (χ2n) is 7.25. The SMILES string of the molecule is CC(C)(C)OCC(O)CN1CCCC1c1nc2ccccc2s1. The predicted molar refractivity (Wildman–Crippen MR) is 94.9 cm³/mol. The quantitative estimate of drug-likeness (QED) is 0.907. The van der Waals surface area contributed by atoms with Crippen molar-refractivity contribution in [3.05, 3.63) is 29.3 Å². The van der Waals surface area contributed by atoms with Gasteiger partial charge in [0.15, 0.2) is 0 Å². The van der Waals surface area contributed by atoms with E-state index in [-0.39, 0.29) is 5.60 Å². The smallest absolute Gasteiger partial charge is 0.111 e. The first-order valence-electron chi connectivity index (χ1n) is 8.34. The Hall–Kier alpha value is -1.01. The van der Waals surface area contributed by atoms with E-state index in [1.807, 2.05) is 26.8 Å². The molecule has 0 amide bonds. The van der Waals surface area contributed by atoms with Crippen LogP contribution in [-0.4, -0.2) is 46.4 Å². The van der Waals surface area contributed by atoms with Crippen LogP contribution >= 0.6 is 11.3 Å². The van der Waals surface area contributed by atoms with E-state index in [1.165, 1.54) is 9.71 Å². The molecule has 0 aliphatic carbocycles. The molecule has 23 heavy (non-hydrogen) atoms. The highest BCUT2D eigenvalue weighted by molar-refractivity contribution is 7.18. The molecule has 2 atom stereocenters. The van der Waals surface area contributed by atoms with Gasteiger partial charge >= 0.3 is 0 Å². The number of benzene rings is 1. The van der Waals surface area contributed by atoms with Gasteiger partial charge in [0.2, 0.25) is 0 Å².